The van der Waals surface area contributed by atoms with Crippen molar-refractivity contribution < 1.29 is 28.6 Å². The Labute approximate surface area is 258 Å². The smallest absolute Gasteiger partial charge is 0.291 e. The Kier molecular flexibility index (Phi) is 8.46. The van der Waals surface area contributed by atoms with Gasteiger partial charge in [0.1, 0.15) is 11.4 Å². The summed E-state index contributed by atoms with van der Waals surface area (Å²) >= 11 is 0. The fraction of sp³-hybridized carbons (Fsp3) is 0.135. The highest BCUT2D eigenvalue weighted by atomic mass is 19.1. The topological polar surface area (TPSA) is 112 Å². The highest BCUT2D eigenvalue weighted by molar-refractivity contribution is 6.05. The number of furan rings is 1. The minimum absolute atomic E-state index is 0.168. The molecule has 0 saturated heterocycles. The van der Waals surface area contributed by atoms with Gasteiger partial charge < -0.3 is 25.3 Å². The zero-order valence-corrected chi connectivity index (χ0v) is 24.3. The first kappa shape index (κ1) is 29.4. The van der Waals surface area contributed by atoms with Crippen molar-refractivity contribution in [3.63, 3.8) is 0 Å². The van der Waals surface area contributed by atoms with Crippen molar-refractivity contribution in [2.45, 2.75) is 25.7 Å². The second-order valence-corrected chi connectivity index (χ2v) is 10.9. The Bertz CT molecular complexity index is 2000. The second-order valence-electron chi connectivity index (χ2n) is 10.9. The number of phenolic OH excluding ortho intramolecular Hbond substituents is 2. The van der Waals surface area contributed by atoms with E-state index in [-0.39, 0.29) is 29.0 Å². The number of anilines is 1. The van der Waals surface area contributed by atoms with Crippen LogP contribution in [0.15, 0.2) is 108 Å². The van der Waals surface area contributed by atoms with Gasteiger partial charge in [0, 0.05) is 28.6 Å². The first-order valence-corrected chi connectivity index (χ1v) is 14.7. The average molecular weight is 603 g/mol. The van der Waals surface area contributed by atoms with E-state index in [4.69, 9.17) is 4.42 Å². The molecule has 0 aliphatic carbocycles. The third kappa shape index (κ3) is 6.65. The van der Waals surface area contributed by atoms with Crippen LogP contribution < -0.4 is 10.6 Å². The minimum atomic E-state index is -0.416. The van der Waals surface area contributed by atoms with Crippen molar-refractivity contribution >= 4 is 39.2 Å². The first-order valence-electron chi connectivity index (χ1n) is 14.7. The van der Waals surface area contributed by atoms with Crippen molar-refractivity contribution in [3.8, 4) is 11.5 Å². The van der Waals surface area contributed by atoms with Crippen LogP contribution in [0.25, 0.3) is 21.7 Å². The molecule has 5 aromatic carbocycles. The molecule has 0 bridgehead atoms. The van der Waals surface area contributed by atoms with E-state index in [0.717, 1.165) is 27.5 Å². The van der Waals surface area contributed by atoms with E-state index in [1.54, 1.807) is 48.5 Å². The molecule has 0 unspecified atom stereocenters. The first-order chi connectivity index (χ1) is 21.9. The molecule has 0 aliphatic heterocycles. The summed E-state index contributed by atoms with van der Waals surface area (Å²) in [6.45, 7) is 0.428. The van der Waals surface area contributed by atoms with E-state index >= 15 is 0 Å². The fourth-order valence-corrected chi connectivity index (χ4v) is 5.47. The van der Waals surface area contributed by atoms with E-state index in [1.807, 2.05) is 36.4 Å². The Morgan fingerprint density at radius 3 is 2.33 bits per heavy atom. The Balaban J connectivity index is 1.16. The summed E-state index contributed by atoms with van der Waals surface area (Å²) in [6.07, 6.45) is 2.28. The van der Waals surface area contributed by atoms with Crippen LogP contribution in [0.2, 0.25) is 0 Å². The summed E-state index contributed by atoms with van der Waals surface area (Å²) in [5.74, 6) is -1.17. The van der Waals surface area contributed by atoms with Crippen molar-refractivity contribution in [1.29, 1.82) is 0 Å². The van der Waals surface area contributed by atoms with Gasteiger partial charge in [-0.1, -0.05) is 54.6 Å². The number of phenols is 2. The Morgan fingerprint density at radius 1 is 0.711 bits per heavy atom. The lowest BCUT2D eigenvalue weighted by atomic mass is 9.99. The van der Waals surface area contributed by atoms with Crippen molar-refractivity contribution in [3.05, 3.63) is 137 Å². The number of carbonyl (C=O) groups is 2. The molecule has 8 heteroatoms. The van der Waals surface area contributed by atoms with Gasteiger partial charge in [-0.3, -0.25) is 9.59 Å². The molecule has 0 saturated carbocycles. The van der Waals surface area contributed by atoms with E-state index < -0.39 is 5.91 Å². The molecule has 1 heterocycles. The van der Waals surface area contributed by atoms with Crippen molar-refractivity contribution in [2.75, 3.05) is 11.9 Å². The molecule has 226 valence electrons. The van der Waals surface area contributed by atoms with Crippen LogP contribution in [-0.2, 0) is 19.3 Å². The molecule has 45 heavy (non-hydrogen) atoms. The van der Waals surface area contributed by atoms with E-state index in [0.29, 0.717) is 54.4 Å². The zero-order chi connectivity index (χ0) is 31.3. The molecule has 0 atom stereocenters. The van der Waals surface area contributed by atoms with Gasteiger partial charge in [-0.2, -0.15) is 0 Å². The quantitative estimate of drug-likeness (QED) is 0.0957. The number of hydrogen-bond acceptors (Lipinski definition) is 5. The third-order valence-electron chi connectivity index (χ3n) is 7.86. The highest BCUT2D eigenvalue weighted by Crippen LogP contribution is 2.28. The van der Waals surface area contributed by atoms with Crippen LogP contribution in [0.3, 0.4) is 0 Å². The maximum absolute atomic E-state index is 14.2. The predicted octanol–water partition coefficient (Wildman–Crippen LogP) is 7.54. The third-order valence-corrected chi connectivity index (χ3v) is 7.86. The molecular weight excluding hydrogens is 571 g/mol. The number of amides is 2. The maximum atomic E-state index is 14.2. The standard InChI is InChI=1S/C37H31FN2O5/c38-30-16-14-24(28-8-2-3-9-29(28)30)7-5-19-39-36(43)27-15-17-31(25(21-27)13-11-23-12-18-32(41)33(42)20-23)40-37(44)35-22-26-6-1-4-10-34(26)45-35/h1-4,6,8-10,12,14-18,20-22,41-42H,5,7,11,13,19H2,(H,39,43)(H,40,44). The molecule has 6 rings (SSSR count). The molecule has 0 spiro atoms. The summed E-state index contributed by atoms with van der Waals surface area (Å²) in [7, 11) is 0. The highest BCUT2D eigenvalue weighted by Gasteiger charge is 2.17. The molecule has 2 amide bonds. The monoisotopic (exact) mass is 602 g/mol. The summed E-state index contributed by atoms with van der Waals surface area (Å²) in [6, 6.07) is 29.4. The number of benzene rings is 5. The number of halogens is 1. The largest absolute Gasteiger partial charge is 0.504 e. The fourth-order valence-electron chi connectivity index (χ4n) is 5.47. The predicted molar refractivity (Wildman–Crippen MR) is 172 cm³/mol. The molecule has 6 aromatic rings. The number of para-hydroxylation sites is 1. The SMILES string of the molecule is O=C(NCCCc1ccc(F)c2ccccc12)c1ccc(NC(=O)c2cc3ccccc3o2)c(CCc2ccc(O)c(O)c2)c1. The number of fused-ring (bicyclic) bond motifs is 2. The van der Waals surface area contributed by atoms with Gasteiger partial charge in [0.25, 0.3) is 11.8 Å². The average Bonchev–Trinajstić information content (AvgIpc) is 3.50. The second kappa shape index (κ2) is 12.9. The Hall–Kier alpha value is -5.63. The number of rotatable bonds is 10. The van der Waals surface area contributed by atoms with Gasteiger partial charge in [0.2, 0.25) is 0 Å². The van der Waals surface area contributed by atoms with Crippen LogP contribution >= 0.6 is 0 Å². The number of aromatic hydroxyl groups is 2. The molecular formula is C37H31FN2O5. The molecule has 7 nitrogen and oxygen atoms in total. The van der Waals surface area contributed by atoms with Crippen molar-refractivity contribution in [2.24, 2.45) is 0 Å². The van der Waals surface area contributed by atoms with Crippen LogP contribution in [-0.4, -0.2) is 28.6 Å². The number of aryl methyl sites for hydroxylation is 3. The van der Waals surface area contributed by atoms with E-state index in [9.17, 15) is 24.2 Å². The lowest BCUT2D eigenvalue weighted by molar-refractivity contribution is 0.0952. The zero-order valence-electron chi connectivity index (χ0n) is 24.3. The summed E-state index contributed by atoms with van der Waals surface area (Å²) in [5.41, 5.74) is 4.10. The maximum Gasteiger partial charge on any atom is 0.291 e. The van der Waals surface area contributed by atoms with Crippen LogP contribution in [0.1, 0.15) is 44.0 Å². The Morgan fingerprint density at radius 2 is 1.51 bits per heavy atom. The molecule has 0 fully saturated rings. The van der Waals surface area contributed by atoms with Crippen molar-refractivity contribution in [1.82, 2.24) is 5.32 Å². The normalized spacial score (nSPS) is 11.1. The van der Waals surface area contributed by atoms with Gasteiger partial charge in [-0.25, -0.2) is 4.39 Å². The van der Waals surface area contributed by atoms with Crippen LogP contribution in [0, 0.1) is 5.82 Å². The lowest BCUT2D eigenvalue weighted by Crippen LogP contribution is -2.25. The van der Waals surface area contributed by atoms with E-state index in [1.165, 1.54) is 18.2 Å². The number of hydrogen-bond donors (Lipinski definition) is 4. The van der Waals surface area contributed by atoms with Crippen LogP contribution in [0.5, 0.6) is 11.5 Å². The van der Waals surface area contributed by atoms with Gasteiger partial charge >= 0.3 is 0 Å². The molecule has 0 radical (unpaired) electrons. The summed E-state index contributed by atoms with van der Waals surface area (Å²) in [4.78, 5) is 26.3. The van der Waals surface area contributed by atoms with Crippen LogP contribution in [0.4, 0.5) is 10.1 Å². The number of carbonyl (C=O) groups excluding carboxylic acids is 2. The van der Waals surface area contributed by atoms with E-state index in [2.05, 4.69) is 10.6 Å². The molecule has 0 aliphatic rings. The lowest BCUT2D eigenvalue weighted by Gasteiger charge is -2.14. The molecule has 4 N–H and O–H groups in total. The summed E-state index contributed by atoms with van der Waals surface area (Å²) in [5, 5.41) is 27.8. The number of nitrogens with one attached hydrogen (secondary N) is 2. The van der Waals surface area contributed by atoms with Gasteiger partial charge in [-0.15, -0.1) is 0 Å². The van der Waals surface area contributed by atoms with Gasteiger partial charge in [0.05, 0.1) is 0 Å². The van der Waals surface area contributed by atoms with Gasteiger partial charge in [-0.05, 0) is 96.3 Å². The molecule has 1 aromatic heterocycles. The van der Waals surface area contributed by atoms with Gasteiger partial charge in [0.15, 0.2) is 17.3 Å². The minimum Gasteiger partial charge on any atom is -0.504 e. The summed E-state index contributed by atoms with van der Waals surface area (Å²) < 4.78 is 19.9.